The fourth-order valence-electron chi connectivity index (χ4n) is 0.654. The van der Waals surface area contributed by atoms with Crippen LogP contribution in [0.15, 0.2) is 24.3 Å². The van der Waals surface area contributed by atoms with Gasteiger partial charge >= 0.3 is 5.97 Å². The molecule has 0 aliphatic carbocycles. The minimum absolute atomic E-state index is 0. The summed E-state index contributed by atoms with van der Waals surface area (Å²) in [5.41, 5.74) is -0.0671. The number of aromatic hydroxyl groups is 1. The first-order chi connectivity index (χ1) is 6.63. The smallest absolute Gasteiger partial charge is 0.339 e. The van der Waals surface area contributed by atoms with Crippen molar-refractivity contribution in [3.8, 4) is 5.75 Å². The molecule has 0 unspecified atom stereocenters. The van der Waals surface area contributed by atoms with E-state index in [-0.39, 0.29) is 28.7 Å². The van der Waals surface area contributed by atoms with Gasteiger partial charge in [0.15, 0.2) is 0 Å². The van der Waals surface area contributed by atoms with Crippen molar-refractivity contribution in [2.24, 2.45) is 0 Å². The van der Waals surface area contributed by atoms with Crippen LogP contribution in [0.4, 0.5) is 0 Å². The molecule has 0 spiro atoms. The molecule has 84 valence electrons. The maximum absolute atomic E-state index is 10.3. The van der Waals surface area contributed by atoms with Crippen molar-refractivity contribution < 1.29 is 32.4 Å². The molecule has 15 heavy (non-hydrogen) atoms. The number of carboxylic acids is 1. The molecule has 0 fully saturated rings. The minimum atomic E-state index is -1.11. The summed E-state index contributed by atoms with van der Waals surface area (Å²) in [6, 6.07) is 5.81. The van der Waals surface area contributed by atoms with Crippen LogP contribution in [0.25, 0.3) is 0 Å². The number of benzene rings is 1. The summed E-state index contributed by atoms with van der Waals surface area (Å²) in [4.78, 5) is 10.3. The third kappa shape index (κ3) is 7.01. The van der Waals surface area contributed by atoms with Crippen LogP contribution in [-0.4, -0.2) is 16.2 Å². The molecule has 1 aromatic carbocycles. The number of carboxylic acid groups (broad SMARTS) is 1. The van der Waals surface area contributed by atoms with Crippen LogP contribution >= 0.6 is 0 Å². The molecule has 0 aliphatic rings. The second-order valence-corrected chi connectivity index (χ2v) is 2.68. The van der Waals surface area contributed by atoms with Crippen LogP contribution in [0, 0.1) is 6.92 Å². The number of para-hydroxylation sites is 1. The van der Waals surface area contributed by atoms with Gasteiger partial charge in [0.1, 0.15) is 11.3 Å². The van der Waals surface area contributed by atoms with E-state index in [1.807, 2.05) is 0 Å². The van der Waals surface area contributed by atoms with Crippen molar-refractivity contribution in [2.75, 3.05) is 0 Å². The fourth-order valence-corrected chi connectivity index (χ4v) is 0.654. The van der Waals surface area contributed by atoms with Gasteiger partial charge in [0.2, 0.25) is 0 Å². The molecule has 0 heterocycles. The average Bonchev–Trinajstić information content (AvgIpc) is 2.18. The van der Waals surface area contributed by atoms with Crippen LogP contribution < -0.4 is 0 Å². The fraction of sp³-hybridized carbons (Fsp3) is 0.273. The first kappa shape index (κ1) is 16.5. The van der Waals surface area contributed by atoms with E-state index in [9.17, 15) is 4.79 Å². The van der Waals surface area contributed by atoms with Crippen LogP contribution in [0.3, 0.4) is 0 Å². The molecule has 0 saturated heterocycles. The molecule has 0 saturated carbocycles. The zero-order valence-corrected chi connectivity index (χ0v) is 9.92. The summed E-state index contributed by atoms with van der Waals surface area (Å²) in [6.45, 7) is 5.72. The molecule has 0 aromatic heterocycles. The molecule has 0 bridgehead atoms. The number of aromatic carboxylic acids is 1. The Morgan fingerprint density at radius 2 is 1.87 bits per heavy atom. The zero-order valence-electron chi connectivity index (χ0n) is 8.64. The van der Waals surface area contributed by atoms with Gasteiger partial charge < -0.3 is 17.1 Å². The van der Waals surface area contributed by atoms with Crippen LogP contribution in [0.1, 0.15) is 30.1 Å². The Morgan fingerprint density at radius 1 is 1.40 bits per heavy atom. The first-order valence-electron chi connectivity index (χ1n) is 4.44. The molecule has 0 atom stereocenters. The summed E-state index contributed by atoms with van der Waals surface area (Å²) in [6.07, 6.45) is 2.28. The Kier molecular flexibility index (Phi) is 10.5. The third-order valence-corrected chi connectivity index (χ3v) is 1.49. The van der Waals surface area contributed by atoms with E-state index in [0.29, 0.717) is 0 Å². The standard InChI is InChI=1S/C7H6O3.C4H9.Cr/c8-6-4-2-1-3-5(6)7(9)10;1-3-4-2;/h1-4,8H,(H,9,10);1,3-4H2,2H3;/q;-1;. The van der Waals surface area contributed by atoms with Gasteiger partial charge in [0.25, 0.3) is 0 Å². The third-order valence-electron chi connectivity index (χ3n) is 1.49. The summed E-state index contributed by atoms with van der Waals surface area (Å²) in [7, 11) is 0. The van der Waals surface area contributed by atoms with Gasteiger partial charge in [-0.05, 0) is 12.1 Å². The van der Waals surface area contributed by atoms with Gasteiger partial charge in [-0.15, -0.1) is 0 Å². The molecule has 2 N–H and O–H groups in total. The molecule has 3 nitrogen and oxygen atoms in total. The Hall–Kier alpha value is -0.978. The van der Waals surface area contributed by atoms with Crippen molar-refractivity contribution in [2.45, 2.75) is 19.8 Å². The summed E-state index contributed by atoms with van der Waals surface area (Å²) >= 11 is 0. The topological polar surface area (TPSA) is 57.5 Å². The van der Waals surface area contributed by atoms with E-state index < -0.39 is 5.97 Å². The second-order valence-electron chi connectivity index (χ2n) is 2.68. The summed E-state index contributed by atoms with van der Waals surface area (Å²) in [5, 5.41) is 17.3. The maximum atomic E-state index is 10.3. The van der Waals surface area contributed by atoms with Gasteiger partial charge in [0.05, 0.1) is 0 Å². The van der Waals surface area contributed by atoms with Gasteiger partial charge in [-0.2, -0.15) is 6.42 Å². The molecular weight excluding hydrogens is 232 g/mol. The molecule has 4 heteroatoms. The SMILES string of the molecule is O=C(O)c1ccccc1O.[CH2-]CCC.[Cr]. The Labute approximate surface area is 101 Å². The average molecular weight is 247 g/mol. The van der Waals surface area contributed by atoms with Crippen molar-refractivity contribution in [3.63, 3.8) is 0 Å². The quantitative estimate of drug-likeness (QED) is 0.790. The first-order valence-corrected chi connectivity index (χ1v) is 4.44. The van der Waals surface area contributed by atoms with Crippen molar-refractivity contribution in [1.82, 2.24) is 0 Å². The van der Waals surface area contributed by atoms with Gasteiger partial charge in [0, 0.05) is 17.4 Å². The van der Waals surface area contributed by atoms with Crippen molar-refractivity contribution in [3.05, 3.63) is 36.8 Å². The molecule has 0 amide bonds. The number of hydrogen-bond donors (Lipinski definition) is 2. The Balaban J connectivity index is 0. The normalized spacial score (nSPS) is 8.13. The van der Waals surface area contributed by atoms with E-state index >= 15 is 0 Å². The van der Waals surface area contributed by atoms with E-state index in [0.717, 1.165) is 6.42 Å². The molecule has 1 aromatic rings. The van der Waals surface area contributed by atoms with Crippen LogP contribution in [0.5, 0.6) is 5.75 Å². The predicted molar refractivity (Wildman–Crippen MR) is 55.3 cm³/mol. The number of hydrogen-bond acceptors (Lipinski definition) is 2. The van der Waals surface area contributed by atoms with E-state index in [1.54, 1.807) is 12.1 Å². The largest absolute Gasteiger partial charge is 0.507 e. The van der Waals surface area contributed by atoms with Gasteiger partial charge in [-0.3, -0.25) is 0 Å². The number of carbonyl (C=O) groups is 1. The van der Waals surface area contributed by atoms with Crippen LogP contribution in [0.2, 0.25) is 0 Å². The monoisotopic (exact) mass is 247 g/mol. The molecular formula is C11H15CrO3-. The number of phenols is 1. The second kappa shape index (κ2) is 9.57. The van der Waals surface area contributed by atoms with Crippen LogP contribution in [-0.2, 0) is 17.4 Å². The van der Waals surface area contributed by atoms with Crippen molar-refractivity contribution in [1.29, 1.82) is 0 Å². The molecule has 0 radical (unpaired) electrons. The Morgan fingerprint density at radius 3 is 2.13 bits per heavy atom. The van der Waals surface area contributed by atoms with E-state index in [4.69, 9.17) is 10.2 Å². The summed E-state index contributed by atoms with van der Waals surface area (Å²) < 4.78 is 0. The summed E-state index contributed by atoms with van der Waals surface area (Å²) in [5.74, 6) is -1.31. The zero-order chi connectivity index (χ0) is 11.0. The number of unbranched alkanes of at least 4 members (excludes halogenated alkanes) is 1. The van der Waals surface area contributed by atoms with E-state index in [2.05, 4.69) is 13.8 Å². The Bertz CT molecular complexity index is 285. The molecule has 0 aliphatic heterocycles. The minimum Gasteiger partial charge on any atom is -0.507 e. The van der Waals surface area contributed by atoms with E-state index in [1.165, 1.54) is 18.6 Å². The maximum Gasteiger partial charge on any atom is 0.339 e. The predicted octanol–water partition coefficient (Wildman–Crippen LogP) is 2.71. The van der Waals surface area contributed by atoms with Crippen molar-refractivity contribution >= 4 is 5.97 Å². The van der Waals surface area contributed by atoms with Gasteiger partial charge in [-0.1, -0.05) is 25.5 Å². The number of rotatable bonds is 2. The van der Waals surface area contributed by atoms with Gasteiger partial charge in [-0.25, -0.2) is 4.79 Å². The molecule has 1 rings (SSSR count).